The first kappa shape index (κ1) is 13.8. The standard InChI is InChI=1S/C13H19N3O3/c1-11-3-2-4-12(13(11)16(17)18)14-5-6-15-7-9-19-10-8-15/h2-4,14H,5-10H2,1H3. The lowest BCUT2D eigenvalue weighted by Gasteiger charge is -2.26. The molecule has 0 bridgehead atoms. The molecule has 0 atom stereocenters. The first-order valence-corrected chi connectivity index (χ1v) is 6.46. The fourth-order valence-corrected chi connectivity index (χ4v) is 2.22. The van der Waals surface area contributed by atoms with Crippen LogP contribution >= 0.6 is 0 Å². The van der Waals surface area contributed by atoms with E-state index in [2.05, 4.69) is 10.2 Å². The number of hydrogen-bond acceptors (Lipinski definition) is 5. The van der Waals surface area contributed by atoms with Crippen LogP contribution in [0.2, 0.25) is 0 Å². The minimum Gasteiger partial charge on any atom is -0.379 e. The Kier molecular flexibility index (Phi) is 4.70. The second-order valence-electron chi connectivity index (χ2n) is 4.61. The number of anilines is 1. The largest absolute Gasteiger partial charge is 0.379 e. The molecular weight excluding hydrogens is 246 g/mol. The number of nitrogens with one attached hydrogen (secondary N) is 1. The summed E-state index contributed by atoms with van der Waals surface area (Å²) in [6.45, 7) is 6.72. The molecule has 19 heavy (non-hydrogen) atoms. The molecule has 1 aliphatic rings. The van der Waals surface area contributed by atoms with E-state index in [0.29, 0.717) is 17.8 Å². The van der Waals surface area contributed by atoms with E-state index in [0.717, 1.165) is 32.8 Å². The fraction of sp³-hybridized carbons (Fsp3) is 0.538. The van der Waals surface area contributed by atoms with Gasteiger partial charge in [0.25, 0.3) is 5.69 Å². The van der Waals surface area contributed by atoms with Gasteiger partial charge in [-0.05, 0) is 13.0 Å². The molecule has 1 aliphatic heterocycles. The van der Waals surface area contributed by atoms with Gasteiger partial charge in [-0.25, -0.2) is 0 Å². The maximum atomic E-state index is 11.0. The lowest BCUT2D eigenvalue weighted by molar-refractivity contribution is -0.384. The molecule has 104 valence electrons. The highest BCUT2D eigenvalue weighted by atomic mass is 16.6. The van der Waals surface area contributed by atoms with Gasteiger partial charge in [-0.3, -0.25) is 15.0 Å². The van der Waals surface area contributed by atoms with Crippen molar-refractivity contribution in [1.82, 2.24) is 4.90 Å². The van der Waals surface area contributed by atoms with Crippen LogP contribution in [0.4, 0.5) is 11.4 Å². The summed E-state index contributed by atoms with van der Waals surface area (Å²) in [7, 11) is 0. The summed E-state index contributed by atoms with van der Waals surface area (Å²) in [5.41, 5.74) is 1.45. The molecule has 1 N–H and O–H groups in total. The Balaban J connectivity index is 1.92. The number of nitro groups is 1. The minimum absolute atomic E-state index is 0.171. The predicted octanol–water partition coefficient (Wildman–Crippen LogP) is 1.65. The van der Waals surface area contributed by atoms with Crippen molar-refractivity contribution in [2.45, 2.75) is 6.92 Å². The maximum Gasteiger partial charge on any atom is 0.295 e. The number of nitro benzene ring substituents is 1. The van der Waals surface area contributed by atoms with E-state index in [-0.39, 0.29) is 10.6 Å². The normalized spacial score (nSPS) is 16.3. The first-order valence-electron chi connectivity index (χ1n) is 6.46. The summed E-state index contributed by atoms with van der Waals surface area (Å²) in [6, 6.07) is 5.34. The monoisotopic (exact) mass is 265 g/mol. The molecule has 2 rings (SSSR count). The summed E-state index contributed by atoms with van der Waals surface area (Å²) in [5, 5.41) is 14.2. The van der Waals surface area contributed by atoms with E-state index in [1.54, 1.807) is 19.1 Å². The van der Waals surface area contributed by atoms with Gasteiger partial charge in [-0.1, -0.05) is 12.1 Å². The molecule has 0 saturated carbocycles. The lowest BCUT2D eigenvalue weighted by Crippen LogP contribution is -2.39. The minimum atomic E-state index is -0.327. The van der Waals surface area contributed by atoms with Gasteiger partial charge in [0, 0.05) is 31.7 Å². The quantitative estimate of drug-likeness (QED) is 0.647. The van der Waals surface area contributed by atoms with Crippen molar-refractivity contribution >= 4 is 11.4 Å². The average molecular weight is 265 g/mol. The maximum absolute atomic E-state index is 11.0. The summed E-state index contributed by atoms with van der Waals surface area (Å²) in [6.07, 6.45) is 0. The van der Waals surface area contributed by atoms with Crippen molar-refractivity contribution in [3.8, 4) is 0 Å². The zero-order valence-corrected chi connectivity index (χ0v) is 11.1. The Morgan fingerprint density at radius 2 is 2.16 bits per heavy atom. The van der Waals surface area contributed by atoms with E-state index >= 15 is 0 Å². The zero-order valence-electron chi connectivity index (χ0n) is 11.1. The Morgan fingerprint density at radius 1 is 1.42 bits per heavy atom. The van der Waals surface area contributed by atoms with Crippen LogP contribution in [0.1, 0.15) is 5.56 Å². The summed E-state index contributed by atoms with van der Waals surface area (Å²) in [4.78, 5) is 13.0. The second kappa shape index (κ2) is 6.49. The Labute approximate surface area is 112 Å². The van der Waals surface area contributed by atoms with Crippen molar-refractivity contribution < 1.29 is 9.66 Å². The molecule has 0 aliphatic carbocycles. The molecule has 0 amide bonds. The van der Waals surface area contributed by atoms with E-state index in [4.69, 9.17) is 4.74 Å². The third-order valence-corrected chi connectivity index (χ3v) is 3.27. The fourth-order valence-electron chi connectivity index (χ4n) is 2.22. The van der Waals surface area contributed by atoms with Crippen LogP contribution in [-0.2, 0) is 4.74 Å². The number of para-hydroxylation sites is 1. The van der Waals surface area contributed by atoms with Gasteiger partial charge in [0.15, 0.2) is 0 Å². The molecule has 0 spiro atoms. The van der Waals surface area contributed by atoms with Crippen LogP contribution in [0, 0.1) is 17.0 Å². The molecule has 0 radical (unpaired) electrons. The molecule has 1 aromatic carbocycles. The topological polar surface area (TPSA) is 67.6 Å². The van der Waals surface area contributed by atoms with E-state index < -0.39 is 0 Å². The van der Waals surface area contributed by atoms with Crippen molar-refractivity contribution in [2.24, 2.45) is 0 Å². The SMILES string of the molecule is Cc1cccc(NCCN2CCOCC2)c1[N+](=O)[O-]. The molecule has 0 unspecified atom stereocenters. The van der Waals surface area contributed by atoms with E-state index in [1.807, 2.05) is 6.07 Å². The van der Waals surface area contributed by atoms with Crippen LogP contribution in [0.25, 0.3) is 0 Å². The molecule has 6 nitrogen and oxygen atoms in total. The highest BCUT2D eigenvalue weighted by Gasteiger charge is 2.16. The third-order valence-electron chi connectivity index (χ3n) is 3.27. The number of aryl methyl sites for hydroxylation is 1. The van der Waals surface area contributed by atoms with Crippen molar-refractivity contribution in [3.63, 3.8) is 0 Å². The van der Waals surface area contributed by atoms with Crippen LogP contribution < -0.4 is 5.32 Å². The van der Waals surface area contributed by atoms with Gasteiger partial charge in [0.1, 0.15) is 5.69 Å². The van der Waals surface area contributed by atoms with Crippen LogP contribution in [0.5, 0.6) is 0 Å². The Hall–Kier alpha value is -1.66. The number of morpholine rings is 1. The van der Waals surface area contributed by atoms with Crippen LogP contribution in [0.15, 0.2) is 18.2 Å². The van der Waals surface area contributed by atoms with Gasteiger partial charge < -0.3 is 10.1 Å². The van der Waals surface area contributed by atoms with Gasteiger partial charge >= 0.3 is 0 Å². The number of ether oxygens (including phenoxy) is 1. The number of hydrogen-bond donors (Lipinski definition) is 1. The second-order valence-corrected chi connectivity index (χ2v) is 4.61. The Bertz CT molecular complexity index is 445. The molecule has 1 aromatic rings. The van der Waals surface area contributed by atoms with Gasteiger partial charge in [0.05, 0.1) is 18.1 Å². The number of nitrogens with zero attached hydrogens (tertiary/aromatic N) is 2. The highest BCUT2D eigenvalue weighted by Crippen LogP contribution is 2.27. The third kappa shape index (κ3) is 3.65. The molecule has 0 aromatic heterocycles. The van der Waals surface area contributed by atoms with Gasteiger partial charge in [0.2, 0.25) is 0 Å². The lowest BCUT2D eigenvalue weighted by atomic mass is 10.1. The number of benzene rings is 1. The Morgan fingerprint density at radius 3 is 2.84 bits per heavy atom. The predicted molar refractivity (Wildman–Crippen MR) is 73.6 cm³/mol. The number of rotatable bonds is 5. The molecule has 1 saturated heterocycles. The smallest absolute Gasteiger partial charge is 0.295 e. The molecular formula is C13H19N3O3. The van der Waals surface area contributed by atoms with Gasteiger partial charge in [-0.2, -0.15) is 0 Å². The first-order chi connectivity index (χ1) is 9.18. The molecule has 6 heteroatoms. The summed E-state index contributed by atoms with van der Waals surface area (Å²) < 4.78 is 5.28. The van der Waals surface area contributed by atoms with Crippen LogP contribution in [0.3, 0.4) is 0 Å². The zero-order chi connectivity index (χ0) is 13.7. The van der Waals surface area contributed by atoms with Crippen molar-refractivity contribution in [3.05, 3.63) is 33.9 Å². The van der Waals surface area contributed by atoms with E-state index in [1.165, 1.54) is 0 Å². The molecule has 1 fully saturated rings. The van der Waals surface area contributed by atoms with Gasteiger partial charge in [-0.15, -0.1) is 0 Å². The van der Waals surface area contributed by atoms with Crippen molar-refractivity contribution in [2.75, 3.05) is 44.7 Å². The van der Waals surface area contributed by atoms with Crippen molar-refractivity contribution in [1.29, 1.82) is 0 Å². The summed E-state index contributed by atoms with van der Waals surface area (Å²) in [5.74, 6) is 0. The van der Waals surface area contributed by atoms with E-state index in [9.17, 15) is 10.1 Å². The summed E-state index contributed by atoms with van der Waals surface area (Å²) >= 11 is 0. The molecule has 1 heterocycles. The van der Waals surface area contributed by atoms with Crippen LogP contribution in [-0.4, -0.2) is 49.2 Å². The average Bonchev–Trinajstić information content (AvgIpc) is 2.39. The highest BCUT2D eigenvalue weighted by molar-refractivity contribution is 5.64.